The van der Waals surface area contributed by atoms with Gasteiger partial charge in [-0.15, -0.1) is 0 Å². The van der Waals surface area contributed by atoms with Crippen molar-refractivity contribution >= 4 is 5.91 Å². The van der Waals surface area contributed by atoms with Gasteiger partial charge in [0, 0.05) is 50.7 Å². The average molecular weight is 342 g/mol. The number of benzene rings is 1. The van der Waals surface area contributed by atoms with Gasteiger partial charge in [-0.05, 0) is 43.0 Å². The van der Waals surface area contributed by atoms with Gasteiger partial charge in [-0.2, -0.15) is 5.10 Å². The van der Waals surface area contributed by atoms with Crippen molar-refractivity contribution in [1.82, 2.24) is 20.4 Å². The molecule has 0 saturated carbocycles. The fraction of sp³-hybridized carbons (Fsp3) is 0.474. The number of carbonyl (C=O) groups is 1. The Morgan fingerprint density at radius 2 is 2.36 bits per heavy atom. The summed E-state index contributed by atoms with van der Waals surface area (Å²) in [5.41, 5.74) is 2.66. The molecule has 0 spiro atoms. The molecule has 134 valence electrons. The van der Waals surface area contributed by atoms with E-state index in [1.54, 1.807) is 13.3 Å². The lowest BCUT2D eigenvalue weighted by Gasteiger charge is -2.16. The number of hydrogen-bond donors (Lipinski definition) is 2. The molecule has 2 heterocycles. The number of amides is 1. The Labute approximate surface area is 148 Å². The second kappa shape index (κ2) is 8.78. The van der Waals surface area contributed by atoms with Gasteiger partial charge in [0.25, 0.3) is 5.91 Å². The number of methoxy groups -OCH3 is 1. The normalized spacial score (nSPS) is 17.7. The molecule has 2 N–H and O–H groups in total. The first-order chi connectivity index (χ1) is 12.3. The van der Waals surface area contributed by atoms with Crippen LogP contribution < -0.4 is 5.32 Å². The molecule has 1 amide bonds. The summed E-state index contributed by atoms with van der Waals surface area (Å²) in [6.07, 6.45) is 5.79. The minimum atomic E-state index is -0.0109. The third-order valence-electron chi connectivity index (χ3n) is 4.70. The number of H-pyrrole nitrogens is 1. The third-order valence-corrected chi connectivity index (χ3v) is 4.70. The summed E-state index contributed by atoms with van der Waals surface area (Å²) in [7, 11) is 1.74. The van der Waals surface area contributed by atoms with Crippen LogP contribution in [0.1, 0.15) is 23.2 Å². The number of likely N-dealkylation sites (tertiary alicyclic amines) is 1. The van der Waals surface area contributed by atoms with Crippen molar-refractivity contribution in [3.8, 4) is 11.1 Å². The Balaban J connectivity index is 1.48. The summed E-state index contributed by atoms with van der Waals surface area (Å²) < 4.78 is 5.10. The molecule has 0 bridgehead atoms. The Morgan fingerprint density at radius 3 is 3.16 bits per heavy atom. The average Bonchev–Trinajstić information content (AvgIpc) is 3.32. The maximum absolute atomic E-state index is 12.5. The number of aromatic amines is 1. The lowest BCUT2D eigenvalue weighted by Crippen LogP contribution is -2.31. The highest BCUT2D eigenvalue weighted by Crippen LogP contribution is 2.19. The number of carbonyl (C=O) groups excluding carboxylic acids is 1. The quantitative estimate of drug-likeness (QED) is 0.721. The lowest BCUT2D eigenvalue weighted by molar-refractivity contribution is 0.0947. The second-order valence-corrected chi connectivity index (χ2v) is 6.58. The van der Waals surface area contributed by atoms with Crippen LogP contribution in [0.25, 0.3) is 11.1 Å². The van der Waals surface area contributed by atoms with E-state index in [0.717, 1.165) is 56.8 Å². The minimum Gasteiger partial charge on any atom is -0.385 e. The molecule has 2 aromatic rings. The summed E-state index contributed by atoms with van der Waals surface area (Å²) >= 11 is 0. The molecule has 0 aliphatic carbocycles. The lowest BCUT2D eigenvalue weighted by atomic mass is 10.1. The van der Waals surface area contributed by atoms with Crippen LogP contribution in [0.4, 0.5) is 0 Å². The molecule has 1 atom stereocenters. The number of rotatable bonds is 8. The van der Waals surface area contributed by atoms with Crippen molar-refractivity contribution in [2.75, 3.05) is 39.9 Å². The zero-order valence-electron chi connectivity index (χ0n) is 14.7. The van der Waals surface area contributed by atoms with Crippen LogP contribution in [0.5, 0.6) is 0 Å². The summed E-state index contributed by atoms with van der Waals surface area (Å²) in [5, 5.41) is 9.84. The number of nitrogens with one attached hydrogen (secondary N) is 2. The van der Waals surface area contributed by atoms with Crippen LogP contribution >= 0.6 is 0 Å². The highest BCUT2D eigenvalue weighted by Gasteiger charge is 2.22. The maximum atomic E-state index is 12.5. The second-order valence-electron chi connectivity index (χ2n) is 6.58. The van der Waals surface area contributed by atoms with Crippen molar-refractivity contribution in [1.29, 1.82) is 0 Å². The molecular formula is C19H26N4O2. The Bertz CT molecular complexity index is 672. The van der Waals surface area contributed by atoms with E-state index in [1.165, 1.54) is 0 Å². The van der Waals surface area contributed by atoms with Gasteiger partial charge >= 0.3 is 0 Å². The van der Waals surface area contributed by atoms with Crippen LogP contribution in [0.3, 0.4) is 0 Å². The highest BCUT2D eigenvalue weighted by molar-refractivity contribution is 5.95. The molecule has 1 fully saturated rings. The zero-order chi connectivity index (χ0) is 17.5. The molecule has 1 aromatic heterocycles. The van der Waals surface area contributed by atoms with Crippen LogP contribution in [0.15, 0.2) is 36.7 Å². The van der Waals surface area contributed by atoms with Gasteiger partial charge in [-0.3, -0.25) is 9.89 Å². The monoisotopic (exact) mass is 342 g/mol. The number of hydrogen-bond acceptors (Lipinski definition) is 4. The summed E-state index contributed by atoms with van der Waals surface area (Å²) in [5.74, 6) is 0.520. The van der Waals surface area contributed by atoms with Crippen molar-refractivity contribution in [2.24, 2.45) is 5.92 Å². The van der Waals surface area contributed by atoms with Gasteiger partial charge in [-0.25, -0.2) is 0 Å². The summed E-state index contributed by atoms with van der Waals surface area (Å²) in [4.78, 5) is 14.9. The Morgan fingerprint density at radius 1 is 1.44 bits per heavy atom. The predicted octanol–water partition coefficient (Wildman–Crippen LogP) is 2.16. The molecule has 1 aliphatic heterocycles. The number of nitrogens with zero attached hydrogens (tertiary/aromatic N) is 2. The molecule has 3 rings (SSSR count). The van der Waals surface area contributed by atoms with Gasteiger partial charge in [0.2, 0.25) is 0 Å². The highest BCUT2D eigenvalue weighted by atomic mass is 16.5. The van der Waals surface area contributed by atoms with Crippen LogP contribution in [-0.2, 0) is 4.74 Å². The van der Waals surface area contributed by atoms with Crippen molar-refractivity contribution in [3.63, 3.8) is 0 Å². The first-order valence-corrected chi connectivity index (χ1v) is 8.85. The number of ether oxygens (including phenoxy) is 1. The molecule has 1 aliphatic rings. The minimum absolute atomic E-state index is 0.0109. The molecule has 6 heteroatoms. The van der Waals surface area contributed by atoms with Crippen molar-refractivity contribution in [2.45, 2.75) is 12.8 Å². The van der Waals surface area contributed by atoms with E-state index < -0.39 is 0 Å². The van der Waals surface area contributed by atoms with E-state index in [4.69, 9.17) is 4.74 Å². The molecular weight excluding hydrogens is 316 g/mol. The predicted molar refractivity (Wildman–Crippen MR) is 97.4 cm³/mol. The van der Waals surface area contributed by atoms with E-state index in [0.29, 0.717) is 11.5 Å². The van der Waals surface area contributed by atoms with E-state index in [9.17, 15) is 4.79 Å². The smallest absolute Gasteiger partial charge is 0.251 e. The van der Waals surface area contributed by atoms with Crippen LogP contribution in [0, 0.1) is 5.92 Å². The SMILES string of the molecule is COCCCN1CC[C@@H](CNC(=O)c2cccc(-c3cn[nH]c3)c2)C1. The first kappa shape index (κ1) is 17.6. The van der Waals surface area contributed by atoms with Crippen molar-refractivity contribution < 1.29 is 9.53 Å². The fourth-order valence-corrected chi connectivity index (χ4v) is 3.30. The van der Waals surface area contributed by atoms with Gasteiger partial charge in [0.05, 0.1) is 6.20 Å². The van der Waals surface area contributed by atoms with E-state index >= 15 is 0 Å². The third kappa shape index (κ3) is 4.90. The van der Waals surface area contributed by atoms with Gasteiger partial charge < -0.3 is 15.0 Å². The van der Waals surface area contributed by atoms with Crippen LogP contribution in [0.2, 0.25) is 0 Å². The van der Waals surface area contributed by atoms with Gasteiger partial charge in [-0.1, -0.05) is 12.1 Å². The van der Waals surface area contributed by atoms with Gasteiger partial charge in [0.15, 0.2) is 0 Å². The molecule has 1 saturated heterocycles. The van der Waals surface area contributed by atoms with Crippen LogP contribution in [-0.4, -0.2) is 60.9 Å². The number of aromatic nitrogens is 2. The Kier molecular flexibility index (Phi) is 6.19. The van der Waals surface area contributed by atoms with Crippen molar-refractivity contribution in [3.05, 3.63) is 42.2 Å². The molecule has 1 aromatic carbocycles. The Hall–Kier alpha value is -2.18. The van der Waals surface area contributed by atoms with Gasteiger partial charge in [0.1, 0.15) is 0 Å². The fourth-order valence-electron chi connectivity index (χ4n) is 3.30. The summed E-state index contributed by atoms with van der Waals surface area (Å²) in [6.45, 7) is 4.78. The maximum Gasteiger partial charge on any atom is 0.251 e. The molecule has 0 radical (unpaired) electrons. The van der Waals surface area contributed by atoms with E-state index in [2.05, 4.69) is 20.4 Å². The zero-order valence-corrected chi connectivity index (χ0v) is 14.7. The summed E-state index contributed by atoms with van der Waals surface area (Å²) in [6, 6.07) is 7.65. The van der Waals surface area contributed by atoms with E-state index in [1.807, 2.05) is 30.5 Å². The molecule has 0 unspecified atom stereocenters. The standard InChI is InChI=1S/C19H26N4O2/c1-25-9-3-7-23-8-6-15(14-23)11-20-19(24)17-5-2-4-16(10-17)18-12-21-22-13-18/h2,4-5,10,12-13,15H,3,6-9,11,14H2,1H3,(H,20,24)(H,21,22)/t15-/m0/s1. The molecule has 25 heavy (non-hydrogen) atoms. The first-order valence-electron chi connectivity index (χ1n) is 8.85. The topological polar surface area (TPSA) is 70.2 Å². The van der Waals surface area contributed by atoms with E-state index in [-0.39, 0.29) is 5.91 Å². The molecule has 6 nitrogen and oxygen atoms in total. The largest absolute Gasteiger partial charge is 0.385 e.